The highest BCUT2D eigenvalue weighted by atomic mass is 16.5. The molecule has 0 bridgehead atoms. The summed E-state index contributed by atoms with van der Waals surface area (Å²) in [5.41, 5.74) is 1.54. The van der Waals surface area contributed by atoms with Crippen molar-refractivity contribution in [1.82, 2.24) is 9.88 Å². The van der Waals surface area contributed by atoms with Crippen LogP contribution in [0.15, 0.2) is 42.7 Å². The van der Waals surface area contributed by atoms with E-state index in [2.05, 4.69) is 4.98 Å². The van der Waals surface area contributed by atoms with Gasteiger partial charge in [-0.2, -0.15) is 0 Å². The van der Waals surface area contributed by atoms with Gasteiger partial charge in [-0.25, -0.2) is 0 Å². The van der Waals surface area contributed by atoms with E-state index in [9.17, 15) is 9.90 Å². The van der Waals surface area contributed by atoms with E-state index in [1.165, 1.54) is 0 Å². The van der Waals surface area contributed by atoms with Gasteiger partial charge >= 0.3 is 0 Å². The van der Waals surface area contributed by atoms with Crippen LogP contribution in [-0.2, 0) is 0 Å². The van der Waals surface area contributed by atoms with Crippen LogP contribution in [0.3, 0.4) is 0 Å². The first-order chi connectivity index (χ1) is 11.2. The van der Waals surface area contributed by atoms with Gasteiger partial charge in [0.2, 0.25) is 0 Å². The van der Waals surface area contributed by atoms with E-state index in [1.807, 2.05) is 19.1 Å². The number of pyridine rings is 1. The number of hydrogen-bond acceptors (Lipinski definition) is 4. The average molecular weight is 312 g/mol. The van der Waals surface area contributed by atoms with Crippen molar-refractivity contribution in [3.63, 3.8) is 0 Å². The van der Waals surface area contributed by atoms with Gasteiger partial charge in [0.15, 0.2) is 0 Å². The fraction of sp³-hybridized carbons (Fsp3) is 0.333. The smallest absolute Gasteiger partial charge is 0.254 e. The summed E-state index contributed by atoms with van der Waals surface area (Å²) >= 11 is 0. The van der Waals surface area contributed by atoms with Crippen LogP contribution in [0.2, 0.25) is 0 Å². The van der Waals surface area contributed by atoms with Crippen LogP contribution in [0.1, 0.15) is 28.8 Å². The molecular weight excluding hydrogens is 292 g/mol. The molecule has 1 aliphatic rings. The van der Waals surface area contributed by atoms with Gasteiger partial charge in [-0.15, -0.1) is 0 Å². The molecule has 0 unspecified atom stereocenters. The first-order valence-electron chi connectivity index (χ1n) is 7.79. The number of amides is 1. The van der Waals surface area contributed by atoms with E-state index < -0.39 is 0 Å². The van der Waals surface area contributed by atoms with E-state index in [1.54, 1.807) is 35.5 Å². The summed E-state index contributed by atoms with van der Waals surface area (Å²) < 4.78 is 5.86. The highest BCUT2D eigenvalue weighted by Gasteiger charge is 2.32. The van der Waals surface area contributed by atoms with Crippen molar-refractivity contribution >= 4 is 5.91 Å². The van der Waals surface area contributed by atoms with E-state index in [4.69, 9.17) is 4.74 Å². The fourth-order valence-electron chi connectivity index (χ4n) is 2.49. The number of aliphatic hydroxyl groups excluding tert-OH is 1. The monoisotopic (exact) mass is 312 g/mol. The van der Waals surface area contributed by atoms with Gasteiger partial charge in [0.05, 0.1) is 6.61 Å². The van der Waals surface area contributed by atoms with Crippen LogP contribution in [0.5, 0.6) is 11.5 Å². The molecule has 1 aliphatic carbocycles. The van der Waals surface area contributed by atoms with Gasteiger partial charge in [0.1, 0.15) is 11.5 Å². The van der Waals surface area contributed by atoms with Crippen LogP contribution in [0.4, 0.5) is 0 Å². The number of benzene rings is 1. The minimum absolute atomic E-state index is 0.0194. The third-order valence-corrected chi connectivity index (χ3v) is 3.90. The number of rotatable bonds is 6. The maximum Gasteiger partial charge on any atom is 0.254 e. The maximum absolute atomic E-state index is 12.7. The Labute approximate surface area is 135 Å². The number of ether oxygens (including phenoxy) is 1. The second-order valence-corrected chi connectivity index (χ2v) is 5.72. The lowest BCUT2D eigenvalue weighted by molar-refractivity contribution is 0.0707. The minimum Gasteiger partial charge on any atom is -0.457 e. The second kappa shape index (κ2) is 6.79. The molecule has 1 saturated carbocycles. The van der Waals surface area contributed by atoms with Gasteiger partial charge in [-0.05, 0) is 49.6 Å². The Morgan fingerprint density at radius 2 is 2.04 bits per heavy atom. The van der Waals surface area contributed by atoms with Crippen LogP contribution in [-0.4, -0.2) is 40.1 Å². The summed E-state index contributed by atoms with van der Waals surface area (Å²) in [4.78, 5) is 18.4. The Balaban J connectivity index is 1.83. The normalized spacial score (nSPS) is 13.7. The van der Waals surface area contributed by atoms with Gasteiger partial charge in [-0.3, -0.25) is 9.78 Å². The van der Waals surface area contributed by atoms with Crippen LogP contribution in [0.25, 0.3) is 0 Å². The largest absolute Gasteiger partial charge is 0.457 e. The molecule has 1 N–H and O–H groups in total. The number of aliphatic hydroxyl groups is 1. The molecule has 0 aliphatic heterocycles. The summed E-state index contributed by atoms with van der Waals surface area (Å²) in [6.45, 7) is 2.30. The molecule has 0 spiro atoms. The number of carbonyl (C=O) groups excluding carboxylic acids is 1. The number of nitrogens with zero attached hydrogens (tertiary/aromatic N) is 2. The summed E-state index contributed by atoms with van der Waals surface area (Å²) in [7, 11) is 0. The maximum atomic E-state index is 12.7. The van der Waals surface area contributed by atoms with E-state index in [0.717, 1.165) is 18.4 Å². The summed E-state index contributed by atoms with van der Waals surface area (Å²) in [5.74, 6) is 1.28. The summed E-state index contributed by atoms with van der Waals surface area (Å²) in [6.07, 6.45) is 5.35. The zero-order valence-electron chi connectivity index (χ0n) is 13.1. The minimum atomic E-state index is -0.0545. The molecule has 0 radical (unpaired) electrons. The molecule has 1 fully saturated rings. The topological polar surface area (TPSA) is 62.7 Å². The summed E-state index contributed by atoms with van der Waals surface area (Å²) in [5, 5.41) is 9.18. The lowest BCUT2D eigenvalue weighted by atomic mass is 10.1. The molecule has 1 amide bonds. The van der Waals surface area contributed by atoms with Crippen molar-refractivity contribution in [3.05, 3.63) is 53.9 Å². The molecule has 5 nitrogen and oxygen atoms in total. The molecular formula is C18H20N2O3. The van der Waals surface area contributed by atoms with Crippen molar-refractivity contribution < 1.29 is 14.6 Å². The second-order valence-electron chi connectivity index (χ2n) is 5.72. The number of carbonyl (C=O) groups is 1. The van der Waals surface area contributed by atoms with E-state index >= 15 is 0 Å². The molecule has 3 rings (SSSR count). The van der Waals surface area contributed by atoms with Crippen molar-refractivity contribution in [2.75, 3.05) is 13.2 Å². The molecule has 2 aromatic rings. The van der Waals surface area contributed by atoms with Gasteiger partial charge in [0.25, 0.3) is 5.91 Å². The third kappa shape index (κ3) is 3.68. The SMILES string of the molecule is Cc1ccc(C(=O)N(CCO)C2CC2)cc1Oc1ccncc1. The molecule has 1 heterocycles. The molecule has 1 aromatic heterocycles. The molecule has 120 valence electrons. The standard InChI is InChI=1S/C18H20N2O3/c1-13-2-3-14(18(22)20(10-11-21)15-4-5-15)12-17(13)23-16-6-8-19-9-7-16/h2-3,6-9,12,15,21H,4-5,10-11H2,1H3. The van der Waals surface area contributed by atoms with Crippen LogP contribution >= 0.6 is 0 Å². The van der Waals surface area contributed by atoms with Crippen molar-refractivity contribution in [2.45, 2.75) is 25.8 Å². The Hall–Kier alpha value is -2.40. The highest BCUT2D eigenvalue weighted by molar-refractivity contribution is 5.95. The number of aryl methyl sites for hydroxylation is 1. The number of hydrogen-bond donors (Lipinski definition) is 1. The van der Waals surface area contributed by atoms with Crippen LogP contribution in [0, 0.1) is 6.92 Å². The Morgan fingerprint density at radius 1 is 1.30 bits per heavy atom. The van der Waals surface area contributed by atoms with Gasteiger partial charge in [-0.1, -0.05) is 6.07 Å². The van der Waals surface area contributed by atoms with Crippen molar-refractivity contribution in [1.29, 1.82) is 0 Å². The Morgan fingerprint density at radius 3 is 2.70 bits per heavy atom. The Kier molecular flexibility index (Phi) is 4.57. The first-order valence-corrected chi connectivity index (χ1v) is 7.79. The Bertz CT molecular complexity index is 684. The van der Waals surface area contributed by atoms with Gasteiger partial charge in [0, 0.05) is 30.5 Å². The van der Waals surface area contributed by atoms with E-state index in [0.29, 0.717) is 23.6 Å². The highest BCUT2D eigenvalue weighted by Crippen LogP contribution is 2.30. The predicted octanol–water partition coefficient (Wildman–Crippen LogP) is 2.78. The third-order valence-electron chi connectivity index (χ3n) is 3.90. The average Bonchev–Trinajstić information content (AvgIpc) is 3.40. The fourth-order valence-corrected chi connectivity index (χ4v) is 2.49. The van der Waals surface area contributed by atoms with Crippen LogP contribution < -0.4 is 4.74 Å². The zero-order valence-corrected chi connectivity index (χ0v) is 13.1. The zero-order chi connectivity index (χ0) is 16.2. The summed E-state index contributed by atoms with van der Waals surface area (Å²) in [6, 6.07) is 9.27. The van der Waals surface area contributed by atoms with E-state index in [-0.39, 0.29) is 18.6 Å². The predicted molar refractivity (Wildman–Crippen MR) is 86.6 cm³/mol. The number of aromatic nitrogens is 1. The molecule has 23 heavy (non-hydrogen) atoms. The molecule has 1 aromatic carbocycles. The molecule has 5 heteroatoms. The lowest BCUT2D eigenvalue weighted by Crippen LogP contribution is -2.35. The first kappa shape index (κ1) is 15.5. The molecule has 0 atom stereocenters. The molecule has 0 saturated heterocycles. The quantitative estimate of drug-likeness (QED) is 0.891. The van der Waals surface area contributed by atoms with Crippen molar-refractivity contribution in [2.24, 2.45) is 0 Å². The van der Waals surface area contributed by atoms with Crippen molar-refractivity contribution in [3.8, 4) is 11.5 Å². The van der Waals surface area contributed by atoms with Gasteiger partial charge < -0.3 is 14.7 Å². The lowest BCUT2D eigenvalue weighted by Gasteiger charge is -2.22.